The van der Waals surface area contributed by atoms with Crippen LogP contribution >= 0.6 is 15.9 Å². The van der Waals surface area contributed by atoms with E-state index in [4.69, 9.17) is 4.74 Å². The van der Waals surface area contributed by atoms with Crippen LogP contribution in [0.5, 0.6) is 5.75 Å². The Morgan fingerprint density at radius 2 is 2.50 bits per heavy atom. The van der Waals surface area contributed by atoms with Crippen LogP contribution in [0.2, 0.25) is 0 Å². The summed E-state index contributed by atoms with van der Waals surface area (Å²) >= 11 is 3.33. The van der Waals surface area contributed by atoms with E-state index >= 15 is 0 Å². The standard InChI is InChI=1S/C7H7BrN2O2/c8-5-1-3-10(11)7-6(5)12-4-2-9-7/h1,3,11H,2,4H2/p+1. The Bertz CT molecular complexity index is 286. The minimum atomic E-state index is 0.593. The van der Waals surface area contributed by atoms with Gasteiger partial charge in [0.15, 0.2) is 0 Å². The van der Waals surface area contributed by atoms with E-state index in [2.05, 4.69) is 21.2 Å². The summed E-state index contributed by atoms with van der Waals surface area (Å²) < 4.78 is 7.20. The van der Waals surface area contributed by atoms with Crippen LogP contribution in [0.3, 0.4) is 0 Å². The molecule has 0 aliphatic carbocycles. The molecule has 0 amide bonds. The molecule has 0 unspecified atom stereocenters. The first kappa shape index (κ1) is 7.67. The van der Waals surface area contributed by atoms with Gasteiger partial charge in [-0.2, -0.15) is 0 Å². The molecule has 0 bridgehead atoms. The molecule has 0 saturated heterocycles. The maximum atomic E-state index is 9.33. The molecule has 5 heteroatoms. The van der Waals surface area contributed by atoms with Crippen molar-refractivity contribution < 1.29 is 14.7 Å². The maximum Gasteiger partial charge on any atom is 0.357 e. The Morgan fingerprint density at radius 3 is 3.25 bits per heavy atom. The number of halogens is 1. The molecule has 1 aliphatic heterocycles. The maximum absolute atomic E-state index is 9.33. The van der Waals surface area contributed by atoms with E-state index in [0.29, 0.717) is 24.7 Å². The first-order valence-corrected chi connectivity index (χ1v) is 4.38. The van der Waals surface area contributed by atoms with Gasteiger partial charge in [0.2, 0.25) is 5.75 Å². The minimum absolute atomic E-state index is 0.593. The van der Waals surface area contributed by atoms with Gasteiger partial charge in [0, 0.05) is 0 Å². The van der Waals surface area contributed by atoms with Crippen LogP contribution in [0.15, 0.2) is 16.7 Å². The lowest BCUT2D eigenvalue weighted by Gasteiger charge is -2.14. The Hall–Kier alpha value is -0.970. The van der Waals surface area contributed by atoms with E-state index in [0.717, 1.165) is 9.20 Å². The van der Waals surface area contributed by atoms with Crippen molar-refractivity contribution in [2.45, 2.75) is 0 Å². The van der Waals surface area contributed by atoms with E-state index in [1.807, 2.05) is 0 Å². The Labute approximate surface area is 77.9 Å². The molecule has 64 valence electrons. The van der Waals surface area contributed by atoms with Crippen molar-refractivity contribution in [1.82, 2.24) is 0 Å². The van der Waals surface area contributed by atoms with Crippen molar-refractivity contribution in [3.63, 3.8) is 0 Å². The highest BCUT2D eigenvalue weighted by Crippen LogP contribution is 2.31. The minimum Gasteiger partial charge on any atom is -0.481 e. The van der Waals surface area contributed by atoms with Crippen molar-refractivity contribution in [2.75, 3.05) is 18.5 Å². The SMILES string of the molecule is O[n+]1ccc(Br)c2c1NCCO2. The van der Waals surface area contributed by atoms with Gasteiger partial charge in [-0.05, 0) is 26.7 Å². The predicted octanol–water partition coefficient (Wildman–Crippen LogP) is 0.778. The van der Waals surface area contributed by atoms with E-state index in [1.54, 1.807) is 12.3 Å². The molecule has 0 spiro atoms. The Morgan fingerprint density at radius 1 is 1.67 bits per heavy atom. The first-order valence-electron chi connectivity index (χ1n) is 3.59. The fourth-order valence-corrected chi connectivity index (χ4v) is 1.54. The largest absolute Gasteiger partial charge is 0.481 e. The molecule has 0 saturated carbocycles. The molecule has 2 rings (SSSR count). The molecule has 4 nitrogen and oxygen atoms in total. The summed E-state index contributed by atoms with van der Waals surface area (Å²) in [7, 11) is 0. The van der Waals surface area contributed by atoms with Crippen molar-refractivity contribution >= 4 is 21.7 Å². The number of nitrogens with zero attached hydrogens (tertiary/aromatic N) is 1. The summed E-state index contributed by atoms with van der Waals surface area (Å²) in [4.78, 5) is 0. The van der Waals surface area contributed by atoms with Gasteiger partial charge in [-0.25, -0.2) is 0 Å². The number of hydrogen-bond donors (Lipinski definition) is 2. The second-order valence-electron chi connectivity index (χ2n) is 2.46. The number of anilines is 1. The summed E-state index contributed by atoms with van der Waals surface area (Å²) in [6, 6.07) is 1.73. The summed E-state index contributed by atoms with van der Waals surface area (Å²) in [5.41, 5.74) is 0. The number of fused-ring (bicyclic) bond motifs is 1. The Balaban J connectivity index is 2.57. The van der Waals surface area contributed by atoms with Gasteiger partial charge < -0.3 is 9.94 Å². The number of aromatic nitrogens is 1. The Kier molecular flexibility index (Phi) is 1.80. The van der Waals surface area contributed by atoms with Crippen molar-refractivity contribution in [2.24, 2.45) is 0 Å². The average molecular weight is 232 g/mol. The summed E-state index contributed by atoms with van der Waals surface area (Å²) in [6.45, 7) is 1.33. The molecular weight excluding hydrogens is 224 g/mol. The van der Waals surface area contributed by atoms with Gasteiger partial charge >= 0.3 is 5.82 Å². The summed E-state index contributed by atoms with van der Waals surface area (Å²) in [6.07, 6.45) is 1.55. The smallest absolute Gasteiger partial charge is 0.357 e. The average Bonchev–Trinajstić information content (AvgIpc) is 2.12. The topological polar surface area (TPSA) is 45.4 Å². The second-order valence-corrected chi connectivity index (χ2v) is 3.32. The highest BCUT2D eigenvalue weighted by molar-refractivity contribution is 9.10. The highest BCUT2D eigenvalue weighted by Gasteiger charge is 2.23. The number of ether oxygens (including phenoxy) is 1. The van der Waals surface area contributed by atoms with Crippen molar-refractivity contribution in [3.8, 4) is 5.75 Å². The number of nitrogens with one attached hydrogen (secondary N) is 1. The van der Waals surface area contributed by atoms with E-state index < -0.39 is 0 Å². The third kappa shape index (κ3) is 1.10. The molecule has 12 heavy (non-hydrogen) atoms. The predicted molar refractivity (Wildman–Crippen MR) is 45.5 cm³/mol. The van der Waals surface area contributed by atoms with Crippen LogP contribution in [0.1, 0.15) is 0 Å². The molecule has 0 radical (unpaired) electrons. The zero-order chi connectivity index (χ0) is 8.55. The molecule has 2 N–H and O–H groups in total. The molecular formula is C7H8BrN2O2+. The molecule has 2 heterocycles. The summed E-state index contributed by atoms with van der Waals surface area (Å²) in [5.74, 6) is 1.25. The monoisotopic (exact) mass is 231 g/mol. The van der Waals surface area contributed by atoms with Crippen LogP contribution in [-0.2, 0) is 0 Å². The van der Waals surface area contributed by atoms with Crippen LogP contribution in [0.25, 0.3) is 0 Å². The van der Waals surface area contributed by atoms with Crippen molar-refractivity contribution in [1.29, 1.82) is 0 Å². The van der Waals surface area contributed by atoms with Crippen LogP contribution in [0.4, 0.5) is 5.82 Å². The van der Waals surface area contributed by atoms with E-state index in [9.17, 15) is 5.21 Å². The van der Waals surface area contributed by atoms with Crippen LogP contribution in [0, 0.1) is 0 Å². The third-order valence-electron chi connectivity index (χ3n) is 1.66. The second kappa shape index (κ2) is 2.82. The third-order valence-corrected chi connectivity index (χ3v) is 2.29. The number of hydrogen-bond acceptors (Lipinski definition) is 3. The van der Waals surface area contributed by atoms with Gasteiger partial charge in [0.1, 0.15) is 19.3 Å². The van der Waals surface area contributed by atoms with Gasteiger partial charge in [-0.1, -0.05) is 0 Å². The number of rotatable bonds is 0. The zero-order valence-corrected chi connectivity index (χ0v) is 7.84. The molecule has 0 atom stereocenters. The fourth-order valence-electron chi connectivity index (χ4n) is 1.12. The van der Waals surface area contributed by atoms with Gasteiger partial charge in [-0.15, -0.1) is 0 Å². The van der Waals surface area contributed by atoms with E-state index in [-0.39, 0.29) is 0 Å². The molecule has 0 fully saturated rings. The zero-order valence-electron chi connectivity index (χ0n) is 6.25. The summed E-state index contributed by atoms with van der Waals surface area (Å²) in [5, 5.41) is 12.4. The quantitative estimate of drug-likeness (QED) is 0.513. The van der Waals surface area contributed by atoms with Crippen LogP contribution in [-0.4, -0.2) is 18.4 Å². The van der Waals surface area contributed by atoms with Gasteiger partial charge in [0.05, 0.1) is 4.47 Å². The molecule has 1 aromatic heterocycles. The van der Waals surface area contributed by atoms with Crippen LogP contribution < -0.4 is 14.8 Å². The lowest BCUT2D eigenvalue weighted by atomic mass is 10.4. The molecule has 1 aliphatic rings. The normalized spacial score (nSPS) is 14.4. The van der Waals surface area contributed by atoms with Gasteiger partial charge in [-0.3, -0.25) is 5.32 Å². The highest BCUT2D eigenvalue weighted by atomic mass is 79.9. The molecule has 0 aromatic carbocycles. The first-order chi connectivity index (χ1) is 5.79. The van der Waals surface area contributed by atoms with Crippen molar-refractivity contribution in [3.05, 3.63) is 16.7 Å². The van der Waals surface area contributed by atoms with Gasteiger partial charge in [0.25, 0.3) is 0 Å². The molecule has 1 aromatic rings. The number of pyridine rings is 1. The van der Waals surface area contributed by atoms with E-state index in [1.165, 1.54) is 0 Å². The fraction of sp³-hybridized carbons (Fsp3) is 0.286. The lowest BCUT2D eigenvalue weighted by Crippen LogP contribution is -2.37. The lowest BCUT2D eigenvalue weighted by molar-refractivity contribution is -0.893.